The zero-order valence-electron chi connectivity index (χ0n) is 16.5. The highest BCUT2D eigenvalue weighted by molar-refractivity contribution is 7.89. The molecule has 0 spiro atoms. The van der Waals surface area contributed by atoms with Gasteiger partial charge in [0.2, 0.25) is 10.0 Å². The molecule has 0 bridgehead atoms. The summed E-state index contributed by atoms with van der Waals surface area (Å²) in [4.78, 5) is 7.06. The van der Waals surface area contributed by atoms with Crippen LogP contribution in [0.15, 0.2) is 46.3 Å². The van der Waals surface area contributed by atoms with Crippen molar-refractivity contribution in [2.24, 2.45) is 4.99 Å². The van der Waals surface area contributed by atoms with Crippen LogP contribution in [-0.4, -0.2) is 38.8 Å². The van der Waals surface area contributed by atoms with E-state index in [2.05, 4.69) is 34.7 Å². The van der Waals surface area contributed by atoms with E-state index in [-0.39, 0.29) is 6.04 Å². The van der Waals surface area contributed by atoms with Crippen LogP contribution in [0.3, 0.4) is 0 Å². The van der Waals surface area contributed by atoms with E-state index in [4.69, 9.17) is 0 Å². The molecule has 148 valence electrons. The highest BCUT2D eigenvalue weighted by Gasteiger charge is 2.22. The number of nitrogens with zero attached hydrogens (tertiary/aromatic N) is 2. The lowest BCUT2D eigenvalue weighted by molar-refractivity contribution is 0.410. The SMILES string of the molecule is CN=C(NCc1ccc(S(=O)(=O)N(C)C(C)C)cc1)NCc1ccc(C)s1. The van der Waals surface area contributed by atoms with Gasteiger partial charge in [0.1, 0.15) is 0 Å². The molecule has 0 unspecified atom stereocenters. The predicted molar refractivity (Wildman–Crippen MR) is 113 cm³/mol. The lowest BCUT2D eigenvalue weighted by Crippen LogP contribution is -2.36. The maximum atomic E-state index is 12.5. The third-order valence-electron chi connectivity index (χ3n) is 4.24. The van der Waals surface area contributed by atoms with Crippen LogP contribution in [0.4, 0.5) is 0 Å². The highest BCUT2D eigenvalue weighted by atomic mass is 32.2. The van der Waals surface area contributed by atoms with Gasteiger partial charge in [-0.1, -0.05) is 12.1 Å². The van der Waals surface area contributed by atoms with Crippen molar-refractivity contribution >= 4 is 27.3 Å². The van der Waals surface area contributed by atoms with Gasteiger partial charge in [-0.25, -0.2) is 8.42 Å². The molecule has 2 aromatic rings. The smallest absolute Gasteiger partial charge is 0.243 e. The molecule has 0 amide bonds. The average Bonchev–Trinajstić information content (AvgIpc) is 3.06. The number of hydrogen-bond donors (Lipinski definition) is 2. The Morgan fingerprint density at radius 3 is 2.26 bits per heavy atom. The molecule has 1 aromatic heterocycles. The molecule has 0 aliphatic heterocycles. The first-order valence-corrected chi connectivity index (χ1v) is 11.1. The third kappa shape index (κ3) is 5.79. The Kier molecular flexibility index (Phi) is 7.41. The normalized spacial score (nSPS) is 12.6. The summed E-state index contributed by atoms with van der Waals surface area (Å²) in [5, 5.41) is 6.52. The zero-order valence-corrected chi connectivity index (χ0v) is 18.1. The molecule has 0 fully saturated rings. The molecule has 1 heterocycles. The molecule has 1 aromatic carbocycles. The second-order valence-corrected chi connectivity index (χ2v) is 9.92. The molecule has 0 aliphatic carbocycles. The molecule has 2 rings (SSSR count). The maximum Gasteiger partial charge on any atom is 0.243 e. The second-order valence-electron chi connectivity index (χ2n) is 6.55. The molecular weight excluding hydrogens is 380 g/mol. The molecule has 6 nitrogen and oxygen atoms in total. The van der Waals surface area contributed by atoms with Crippen molar-refractivity contribution in [1.82, 2.24) is 14.9 Å². The quantitative estimate of drug-likeness (QED) is 0.546. The molecule has 8 heteroatoms. The number of guanidine groups is 1. The van der Waals surface area contributed by atoms with E-state index in [0.717, 1.165) is 12.1 Å². The van der Waals surface area contributed by atoms with E-state index in [9.17, 15) is 8.42 Å². The van der Waals surface area contributed by atoms with Gasteiger partial charge >= 0.3 is 0 Å². The Morgan fingerprint density at radius 2 is 1.74 bits per heavy atom. The molecule has 0 saturated carbocycles. The van der Waals surface area contributed by atoms with Crippen molar-refractivity contribution in [3.63, 3.8) is 0 Å². The Labute approximate surface area is 166 Å². The number of sulfonamides is 1. The molecule has 0 radical (unpaired) electrons. The lowest BCUT2D eigenvalue weighted by atomic mass is 10.2. The highest BCUT2D eigenvalue weighted by Crippen LogP contribution is 2.17. The standard InChI is InChI=1S/C19H28N4O2S2/c1-14(2)23(5)27(24,25)18-10-7-16(8-11-18)12-21-19(20-4)22-13-17-9-6-15(3)26-17/h6-11,14H,12-13H2,1-5H3,(H2,20,21,22). The van der Waals surface area contributed by atoms with E-state index >= 15 is 0 Å². The first-order chi connectivity index (χ1) is 12.7. The minimum absolute atomic E-state index is 0.0853. The summed E-state index contributed by atoms with van der Waals surface area (Å²) in [6, 6.07) is 11.1. The van der Waals surface area contributed by atoms with Gasteiger partial charge in [0.25, 0.3) is 0 Å². The summed E-state index contributed by atoms with van der Waals surface area (Å²) in [7, 11) is -0.124. The number of benzene rings is 1. The fourth-order valence-corrected chi connectivity index (χ4v) is 4.58. The summed E-state index contributed by atoms with van der Waals surface area (Å²) >= 11 is 1.76. The first-order valence-electron chi connectivity index (χ1n) is 8.81. The van der Waals surface area contributed by atoms with Gasteiger partial charge < -0.3 is 10.6 Å². The van der Waals surface area contributed by atoms with Crippen LogP contribution in [0.5, 0.6) is 0 Å². The Morgan fingerprint density at radius 1 is 1.11 bits per heavy atom. The van der Waals surface area contributed by atoms with Crippen LogP contribution in [0.2, 0.25) is 0 Å². The van der Waals surface area contributed by atoms with Crippen molar-refractivity contribution in [3.05, 3.63) is 51.7 Å². The van der Waals surface area contributed by atoms with Crippen LogP contribution in [-0.2, 0) is 23.1 Å². The van der Waals surface area contributed by atoms with Gasteiger partial charge in [0.05, 0.1) is 11.4 Å². The van der Waals surface area contributed by atoms with E-state index in [1.807, 2.05) is 26.0 Å². The fourth-order valence-electron chi connectivity index (χ4n) is 2.38. The lowest BCUT2D eigenvalue weighted by Gasteiger charge is -2.21. The third-order valence-corrected chi connectivity index (χ3v) is 7.29. The van der Waals surface area contributed by atoms with Crippen LogP contribution in [0, 0.1) is 6.92 Å². The van der Waals surface area contributed by atoms with E-state index in [1.165, 1.54) is 14.1 Å². The molecule has 0 atom stereocenters. The minimum atomic E-state index is -3.45. The van der Waals surface area contributed by atoms with Crippen molar-refractivity contribution in [2.45, 2.75) is 44.8 Å². The molecule has 2 N–H and O–H groups in total. The molecule has 27 heavy (non-hydrogen) atoms. The summed E-state index contributed by atoms with van der Waals surface area (Å²) in [6.07, 6.45) is 0. The summed E-state index contributed by atoms with van der Waals surface area (Å²) in [5.41, 5.74) is 0.982. The Bertz CT molecular complexity index is 871. The average molecular weight is 409 g/mol. The van der Waals surface area contributed by atoms with Gasteiger partial charge in [0, 0.05) is 36.4 Å². The summed E-state index contributed by atoms with van der Waals surface area (Å²) < 4.78 is 26.4. The monoisotopic (exact) mass is 408 g/mol. The first kappa shape index (κ1) is 21.4. The van der Waals surface area contributed by atoms with Crippen molar-refractivity contribution in [2.75, 3.05) is 14.1 Å². The van der Waals surface area contributed by atoms with Crippen LogP contribution in [0.1, 0.15) is 29.2 Å². The van der Waals surface area contributed by atoms with Gasteiger partial charge in [-0.15, -0.1) is 11.3 Å². The van der Waals surface area contributed by atoms with Crippen molar-refractivity contribution in [1.29, 1.82) is 0 Å². The number of nitrogens with one attached hydrogen (secondary N) is 2. The zero-order chi connectivity index (χ0) is 20.0. The minimum Gasteiger partial charge on any atom is -0.352 e. The van der Waals surface area contributed by atoms with Crippen LogP contribution in [0.25, 0.3) is 0 Å². The number of hydrogen-bond acceptors (Lipinski definition) is 4. The van der Waals surface area contributed by atoms with Gasteiger partial charge in [-0.3, -0.25) is 4.99 Å². The Balaban J connectivity index is 1.93. The predicted octanol–water partition coefficient (Wildman–Crippen LogP) is 2.95. The number of thiophene rings is 1. The van der Waals surface area contributed by atoms with Crippen LogP contribution >= 0.6 is 11.3 Å². The molecular formula is C19H28N4O2S2. The molecule has 0 aliphatic rings. The summed E-state index contributed by atoms with van der Waals surface area (Å²) in [5.74, 6) is 0.706. The largest absolute Gasteiger partial charge is 0.352 e. The molecule has 0 saturated heterocycles. The maximum absolute atomic E-state index is 12.5. The van der Waals surface area contributed by atoms with Crippen LogP contribution < -0.4 is 10.6 Å². The fraction of sp³-hybridized carbons (Fsp3) is 0.421. The van der Waals surface area contributed by atoms with Gasteiger partial charge in [-0.2, -0.15) is 4.31 Å². The van der Waals surface area contributed by atoms with Gasteiger partial charge in [-0.05, 0) is 50.6 Å². The second kappa shape index (κ2) is 9.34. The van der Waals surface area contributed by atoms with E-state index in [0.29, 0.717) is 17.4 Å². The number of aliphatic imine (C=N–C) groups is 1. The Hall–Kier alpha value is -1.90. The summed E-state index contributed by atoms with van der Waals surface area (Å²) in [6.45, 7) is 7.07. The van der Waals surface area contributed by atoms with E-state index in [1.54, 1.807) is 37.6 Å². The van der Waals surface area contributed by atoms with Crippen molar-refractivity contribution in [3.8, 4) is 0 Å². The topological polar surface area (TPSA) is 73.8 Å². The number of aryl methyl sites for hydroxylation is 1. The van der Waals surface area contributed by atoms with Gasteiger partial charge in [0.15, 0.2) is 5.96 Å². The van der Waals surface area contributed by atoms with Crippen molar-refractivity contribution < 1.29 is 8.42 Å². The van der Waals surface area contributed by atoms with E-state index < -0.39 is 10.0 Å². The number of rotatable bonds is 7.